The summed E-state index contributed by atoms with van der Waals surface area (Å²) in [7, 11) is 0. The average molecular weight is 962 g/mol. The van der Waals surface area contributed by atoms with E-state index in [1.54, 1.807) is 9.80 Å². The summed E-state index contributed by atoms with van der Waals surface area (Å²) in [5.41, 5.74) is 23.9. The molecule has 0 aromatic heterocycles. The van der Waals surface area contributed by atoms with Gasteiger partial charge in [0.2, 0.25) is 11.8 Å². The Morgan fingerprint density at radius 1 is 0.397 bits per heavy atom. The standard InChI is InChI=1S/C56H108N6O6/c1-3-5-7-9-11-13-15-17-19-21-23-25-27-29-31-35-49-67-53(63)41-47-61(55(65)51(59)39-37-43-57)45-33-34-46-62(56(66)52(60)40-38-44-58)48-42-54(64)68-50-36-32-30-28-26-24-22-20-18-16-14-12-10-8-6-4-2/h17-20,51-52H,3-16,21-50,57-60H2,1-2H3/b19-17-,20-18-/t51-,52-/m0/s1. The van der Waals surface area contributed by atoms with Crippen molar-refractivity contribution in [1.82, 2.24) is 9.80 Å². The van der Waals surface area contributed by atoms with Gasteiger partial charge in [0.25, 0.3) is 0 Å². The Bertz CT molecular complexity index is 1140. The van der Waals surface area contributed by atoms with E-state index in [-0.39, 0.29) is 49.7 Å². The van der Waals surface area contributed by atoms with Crippen molar-refractivity contribution < 1.29 is 28.7 Å². The van der Waals surface area contributed by atoms with Gasteiger partial charge in [-0.3, -0.25) is 19.2 Å². The number of hydrogen-bond acceptors (Lipinski definition) is 10. The summed E-state index contributed by atoms with van der Waals surface area (Å²) in [4.78, 5) is 55.6. The molecule has 2 atom stereocenters. The Balaban J connectivity index is 4.65. The fourth-order valence-electron chi connectivity index (χ4n) is 8.33. The Hall–Kier alpha value is -2.80. The molecule has 0 unspecified atom stereocenters. The van der Waals surface area contributed by atoms with E-state index in [4.69, 9.17) is 32.4 Å². The van der Waals surface area contributed by atoms with Gasteiger partial charge in [-0.15, -0.1) is 0 Å². The van der Waals surface area contributed by atoms with E-state index in [2.05, 4.69) is 38.2 Å². The molecular formula is C56H108N6O6. The van der Waals surface area contributed by atoms with Gasteiger partial charge < -0.3 is 42.2 Å². The van der Waals surface area contributed by atoms with Crippen LogP contribution in [0, 0.1) is 0 Å². The number of ether oxygens (including phenoxy) is 2. The molecule has 8 N–H and O–H groups in total. The number of amides is 2. The van der Waals surface area contributed by atoms with Crippen LogP contribution in [-0.4, -0.2) is 98.1 Å². The molecule has 0 bridgehead atoms. The molecule has 0 rings (SSSR count). The molecule has 0 saturated heterocycles. The molecule has 0 spiro atoms. The van der Waals surface area contributed by atoms with Crippen molar-refractivity contribution in [3.63, 3.8) is 0 Å². The molecule has 12 heteroatoms. The molecule has 0 saturated carbocycles. The van der Waals surface area contributed by atoms with E-state index in [1.807, 2.05) is 0 Å². The predicted octanol–water partition coefficient (Wildman–Crippen LogP) is 11.5. The number of nitrogens with two attached hydrogens (primary N) is 4. The maximum atomic E-state index is 13.4. The van der Waals surface area contributed by atoms with Crippen LogP contribution in [0.1, 0.15) is 245 Å². The van der Waals surface area contributed by atoms with Crippen molar-refractivity contribution >= 4 is 23.8 Å². The van der Waals surface area contributed by atoms with Crippen molar-refractivity contribution in [2.24, 2.45) is 22.9 Å². The minimum Gasteiger partial charge on any atom is -0.466 e. The van der Waals surface area contributed by atoms with Crippen LogP contribution in [0.4, 0.5) is 0 Å². The first-order valence-electron chi connectivity index (χ1n) is 28.3. The SMILES string of the molecule is CCCCCCCC/C=C\CCCCCCCCOC(=O)CCN(CCCCN(CCC(=O)OCCCCCCCC/C=C\CCCCCCCC)C(=O)[C@@H](N)CCCN)C(=O)[C@@H](N)CCCN. The normalized spacial score (nSPS) is 12.5. The van der Waals surface area contributed by atoms with Crippen molar-refractivity contribution in [1.29, 1.82) is 0 Å². The largest absolute Gasteiger partial charge is 0.466 e. The summed E-state index contributed by atoms with van der Waals surface area (Å²) in [6, 6.07) is -1.42. The van der Waals surface area contributed by atoms with Crippen LogP contribution in [0.15, 0.2) is 24.3 Å². The quantitative estimate of drug-likeness (QED) is 0.0259. The van der Waals surface area contributed by atoms with Crippen LogP contribution >= 0.6 is 0 Å². The van der Waals surface area contributed by atoms with Gasteiger partial charge in [-0.05, 0) is 116 Å². The molecule has 12 nitrogen and oxygen atoms in total. The highest BCUT2D eigenvalue weighted by molar-refractivity contribution is 5.83. The zero-order valence-corrected chi connectivity index (χ0v) is 44.2. The maximum absolute atomic E-state index is 13.4. The molecule has 0 fully saturated rings. The first-order valence-corrected chi connectivity index (χ1v) is 28.3. The number of rotatable bonds is 51. The highest BCUT2D eigenvalue weighted by Crippen LogP contribution is 2.14. The third kappa shape index (κ3) is 42.1. The second-order valence-electron chi connectivity index (χ2n) is 19.2. The van der Waals surface area contributed by atoms with Crippen LogP contribution in [0.25, 0.3) is 0 Å². The highest BCUT2D eigenvalue weighted by atomic mass is 16.5. The lowest BCUT2D eigenvalue weighted by Crippen LogP contribution is -2.46. The molecule has 0 aromatic rings. The van der Waals surface area contributed by atoms with Crippen LogP contribution in [-0.2, 0) is 28.7 Å². The fourth-order valence-corrected chi connectivity index (χ4v) is 8.33. The van der Waals surface area contributed by atoms with E-state index in [0.29, 0.717) is 77.9 Å². The summed E-state index contributed by atoms with van der Waals surface area (Å²) in [6.07, 6.45) is 47.0. The van der Waals surface area contributed by atoms with Gasteiger partial charge in [0.1, 0.15) is 0 Å². The summed E-state index contributed by atoms with van der Waals surface area (Å²) in [6.45, 7) is 7.31. The molecule has 2 amide bonds. The molecule has 0 aromatic carbocycles. The molecule has 68 heavy (non-hydrogen) atoms. The monoisotopic (exact) mass is 961 g/mol. The van der Waals surface area contributed by atoms with Crippen LogP contribution in [0.2, 0.25) is 0 Å². The smallest absolute Gasteiger partial charge is 0.307 e. The molecule has 0 radical (unpaired) electrons. The lowest BCUT2D eigenvalue weighted by molar-refractivity contribution is -0.146. The third-order valence-electron chi connectivity index (χ3n) is 12.8. The van der Waals surface area contributed by atoms with Gasteiger partial charge in [-0.1, -0.05) is 154 Å². The second-order valence-corrected chi connectivity index (χ2v) is 19.2. The number of allylic oxidation sites excluding steroid dienone is 4. The Morgan fingerprint density at radius 3 is 1.00 bits per heavy atom. The van der Waals surface area contributed by atoms with Gasteiger partial charge >= 0.3 is 11.9 Å². The van der Waals surface area contributed by atoms with Gasteiger partial charge in [0.05, 0.1) is 38.1 Å². The lowest BCUT2D eigenvalue weighted by Gasteiger charge is -2.28. The maximum Gasteiger partial charge on any atom is 0.307 e. The van der Waals surface area contributed by atoms with Gasteiger partial charge in [0, 0.05) is 26.2 Å². The number of carbonyl (C=O) groups excluding carboxylic acids is 4. The zero-order chi connectivity index (χ0) is 50.0. The average Bonchev–Trinajstić information content (AvgIpc) is 3.34. The third-order valence-corrected chi connectivity index (χ3v) is 12.8. The summed E-state index contributed by atoms with van der Waals surface area (Å²) in [5, 5.41) is 0. The van der Waals surface area contributed by atoms with Crippen LogP contribution in [0.5, 0.6) is 0 Å². The van der Waals surface area contributed by atoms with Crippen molar-refractivity contribution in [2.75, 3.05) is 52.5 Å². The minimum absolute atomic E-state index is 0.0850. The van der Waals surface area contributed by atoms with E-state index >= 15 is 0 Å². The van der Waals surface area contributed by atoms with Gasteiger partial charge in [-0.2, -0.15) is 0 Å². The minimum atomic E-state index is -0.711. The number of unbranched alkanes of at least 4 members (excludes halogenated alkanes) is 25. The van der Waals surface area contributed by atoms with Gasteiger partial charge in [0.15, 0.2) is 0 Å². The summed E-state index contributed by atoms with van der Waals surface area (Å²) < 4.78 is 11.1. The molecule has 0 aliphatic heterocycles. The summed E-state index contributed by atoms with van der Waals surface area (Å²) in [5.74, 6) is -1.09. The van der Waals surface area contributed by atoms with E-state index in [0.717, 1.165) is 51.4 Å². The van der Waals surface area contributed by atoms with Gasteiger partial charge in [-0.25, -0.2) is 0 Å². The topological polar surface area (TPSA) is 197 Å². The molecule has 398 valence electrons. The number of nitrogens with zero attached hydrogens (tertiary/aromatic N) is 2. The van der Waals surface area contributed by atoms with Crippen LogP contribution < -0.4 is 22.9 Å². The Labute approximate surface area is 417 Å². The van der Waals surface area contributed by atoms with Crippen LogP contribution in [0.3, 0.4) is 0 Å². The lowest BCUT2D eigenvalue weighted by atomic mass is 10.1. The summed E-state index contributed by atoms with van der Waals surface area (Å²) >= 11 is 0. The van der Waals surface area contributed by atoms with E-state index in [9.17, 15) is 19.2 Å². The number of carbonyl (C=O) groups is 4. The molecular weight excluding hydrogens is 853 g/mol. The molecule has 0 aliphatic rings. The Kier molecular flexibility index (Phi) is 48.5. The van der Waals surface area contributed by atoms with E-state index < -0.39 is 12.1 Å². The Morgan fingerprint density at radius 2 is 0.691 bits per heavy atom. The first-order chi connectivity index (χ1) is 33.2. The van der Waals surface area contributed by atoms with E-state index in [1.165, 1.54) is 128 Å². The van der Waals surface area contributed by atoms with Crippen molar-refractivity contribution in [2.45, 2.75) is 257 Å². The number of esters is 2. The second kappa shape index (κ2) is 50.6. The first kappa shape index (κ1) is 65.2. The van der Waals surface area contributed by atoms with Crippen molar-refractivity contribution in [3.8, 4) is 0 Å². The fraction of sp³-hybridized carbons (Fsp3) is 0.857. The number of hydrogen-bond donors (Lipinski definition) is 4. The molecule has 0 heterocycles. The van der Waals surface area contributed by atoms with Crippen molar-refractivity contribution in [3.05, 3.63) is 24.3 Å². The predicted molar refractivity (Wildman–Crippen MR) is 285 cm³/mol. The zero-order valence-electron chi connectivity index (χ0n) is 44.2. The highest BCUT2D eigenvalue weighted by Gasteiger charge is 2.24. The molecule has 0 aliphatic carbocycles.